The largest absolute Gasteiger partial charge is 0.444 e. The molecule has 1 aromatic carbocycles. The highest BCUT2D eigenvalue weighted by Gasteiger charge is 2.16. The molecular formula is C18H27N3O4. The Morgan fingerprint density at radius 3 is 2.40 bits per heavy atom. The average Bonchev–Trinajstić information content (AvgIpc) is 2.49. The standard InChI is InChI=1S/C18H27N3O4/c1-12(2)16(23)19-10-13-7-6-8-14(9-13)21-15(22)11-20-17(24)25-18(3,4)5/h6-9,12H,10-11H2,1-5H3,(H,19,23)(H,20,24)(H,21,22). The van der Waals surface area contributed by atoms with Gasteiger partial charge in [-0.2, -0.15) is 0 Å². The molecule has 3 N–H and O–H groups in total. The van der Waals surface area contributed by atoms with Gasteiger partial charge in [-0.15, -0.1) is 0 Å². The highest BCUT2D eigenvalue weighted by Crippen LogP contribution is 2.11. The monoisotopic (exact) mass is 349 g/mol. The molecule has 0 radical (unpaired) electrons. The lowest BCUT2D eigenvalue weighted by atomic mass is 10.1. The molecule has 0 saturated heterocycles. The third-order valence-electron chi connectivity index (χ3n) is 2.99. The van der Waals surface area contributed by atoms with Crippen molar-refractivity contribution in [2.24, 2.45) is 5.92 Å². The number of carbonyl (C=O) groups is 3. The molecule has 1 rings (SSSR count). The van der Waals surface area contributed by atoms with E-state index < -0.39 is 11.7 Å². The minimum atomic E-state index is -0.646. The fraction of sp³-hybridized carbons (Fsp3) is 0.500. The van der Waals surface area contributed by atoms with Gasteiger partial charge in [0.25, 0.3) is 0 Å². The Balaban J connectivity index is 2.48. The van der Waals surface area contributed by atoms with E-state index in [1.165, 1.54) is 0 Å². The van der Waals surface area contributed by atoms with Gasteiger partial charge in [0.2, 0.25) is 11.8 Å². The molecule has 0 bridgehead atoms. The Morgan fingerprint density at radius 1 is 1.12 bits per heavy atom. The van der Waals surface area contributed by atoms with Crippen molar-refractivity contribution in [1.82, 2.24) is 10.6 Å². The number of nitrogens with one attached hydrogen (secondary N) is 3. The fourth-order valence-corrected chi connectivity index (χ4v) is 1.82. The van der Waals surface area contributed by atoms with E-state index in [1.54, 1.807) is 39.0 Å². The molecule has 25 heavy (non-hydrogen) atoms. The van der Waals surface area contributed by atoms with Crippen LogP contribution in [0.4, 0.5) is 10.5 Å². The lowest BCUT2D eigenvalue weighted by Crippen LogP contribution is -2.37. The highest BCUT2D eigenvalue weighted by atomic mass is 16.6. The molecule has 0 aliphatic heterocycles. The van der Waals surface area contributed by atoms with Gasteiger partial charge in [-0.05, 0) is 38.5 Å². The molecule has 0 aliphatic rings. The molecule has 0 saturated carbocycles. The van der Waals surface area contributed by atoms with Crippen molar-refractivity contribution in [3.05, 3.63) is 29.8 Å². The summed E-state index contributed by atoms with van der Waals surface area (Å²) >= 11 is 0. The van der Waals surface area contributed by atoms with Crippen LogP contribution in [0.25, 0.3) is 0 Å². The Bertz CT molecular complexity index is 621. The summed E-state index contributed by atoms with van der Waals surface area (Å²) in [4.78, 5) is 35.0. The van der Waals surface area contributed by atoms with Gasteiger partial charge in [0.15, 0.2) is 0 Å². The summed E-state index contributed by atoms with van der Waals surface area (Å²) in [6, 6.07) is 7.15. The Hall–Kier alpha value is -2.57. The SMILES string of the molecule is CC(C)C(=O)NCc1cccc(NC(=O)CNC(=O)OC(C)(C)C)c1. The fourth-order valence-electron chi connectivity index (χ4n) is 1.82. The van der Waals surface area contributed by atoms with E-state index in [4.69, 9.17) is 4.74 Å². The van der Waals surface area contributed by atoms with Crippen molar-refractivity contribution < 1.29 is 19.1 Å². The molecule has 138 valence electrons. The van der Waals surface area contributed by atoms with Crippen LogP contribution in [-0.4, -0.2) is 30.1 Å². The summed E-state index contributed by atoms with van der Waals surface area (Å²) in [5, 5.41) is 7.90. The molecule has 0 unspecified atom stereocenters. The normalized spacial score (nSPS) is 11.0. The van der Waals surface area contributed by atoms with Gasteiger partial charge in [-0.1, -0.05) is 26.0 Å². The van der Waals surface area contributed by atoms with Crippen LogP contribution in [0.15, 0.2) is 24.3 Å². The van der Waals surface area contributed by atoms with Crippen LogP contribution in [-0.2, 0) is 20.9 Å². The van der Waals surface area contributed by atoms with Gasteiger partial charge in [0.1, 0.15) is 12.1 Å². The first-order valence-corrected chi connectivity index (χ1v) is 8.20. The van der Waals surface area contributed by atoms with Gasteiger partial charge in [-0.3, -0.25) is 9.59 Å². The number of anilines is 1. The average molecular weight is 349 g/mol. The van der Waals surface area contributed by atoms with Crippen molar-refractivity contribution >= 4 is 23.6 Å². The maximum absolute atomic E-state index is 11.9. The second kappa shape index (κ2) is 9.05. The van der Waals surface area contributed by atoms with E-state index in [-0.39, 0.29) is 24.3 Å². The molecule has 0 atom stereocenters. The van der Waals surface area contributed by atoms with Crippen LogP contribution >= 0.6 is 0 Å². The van der Waals surface area contributed by atoms with Crippen LogP contribution in [0.2, 0.25) is 0 Å². The summed E-state index contributed by atoms with van der Waals surface area (Å²) in [7, 11) is 0. The lowest BCUT2D eigenvalue weighted by Gasteiger charge is -2.19. The third-order valence-corrected chi connectivity index (χ3v) is 2.99. The van der Waals surface area contributed by atoms with Crippen molar-refractivity contribution in [2.45, 2.75) is 46.8 Å². The summed E-state index contributed by atoms with van der Waals surface area (Å²) in [5.74, 6) is -0.480. The smallest absolute Gasteiger partial charge is 0.408 e. The van der Waals surface area contributed by atoms with E-state index in [1.807, 2.05) is 19.9 Å². The van der Waals surface area contributed by atoms with Gasteiger partial charge in [0, 0.05) is 18.2 Å². The first-order valence-electron chi connectivity index (χ1n) is 8.20. The Morgan fingerprint density at radius 2 is 1.80 bits per heavy atom. The number of rotatable bonds is 6. The molecule has 7 heteroatoms. The predicted molar refractivity (Wildman–Crippen MR) is 96.0 cm³/mol. The number of ether oxygens (including phenoxy) is 1. The molecule has 1 aromatic rings. The summed E-state index contributed by atoms with van der Waals surface area (Å²) in [6.07, 6.45) is -0.646. The van der Waals surface area contributed by atoms with Crippen LogP contribution in [0.3, 0.4) is 0 Å². The number of alkyl carbamates (subject to hydrolysis) is 1. The Labute approximate surface area is 148 Å². The van der Waals surface area contributed by atoms with E-state index in [0.717, 1.165) is 5.56 Å². The minimum absolute atomic E-state index is 0.0315. The topological polar surface area (TPSA) is 96.5 Å². The Kier molecular flexibility index (Phi) is 7.42. The summed E-state index contributed by atoms with van der Waals surface area (Å²) < 4.78 is 5.06. The van der Waals surface area contributed by atoms with Crippen LogP contribution in [0, 0.1) is 5.92 Å². The molecule has 0 heterocycles. The number of carbonyl (C=O) groups excluding carboxylic acids is 3. The van der Waals surface area contributed by atoms with Crippen molar-refractivity contribution in [1.29, 1.82) is 0 Å². The maximum atomic E-state index is 11.9. The molecule has 0 fully saturated rings. The van der Waals surface area contributed by atoms with E-state index in [9.17, 15) is 14.4 Å². The van der Waals surface area contributed by atoms with E-state index in [0.29, 0.717) is 12.2 Å². The maximum Gasteiger partial charge on any atom is 0.408 e. The number of hydrogen-bond donors (Lipinski definition) is 3. The van der Waals surface area contributed by atoms with Gasteiger partial charge in [-0.25, -0.2) is 4.79 Å². The van der Waals surface area contributed by atoms with E-state index >= 15 is 0 Å². The zero-order valence-electron chi connectivity index (χ0n) is 15.4. The second-order valence-corrected chi connectivity index (χ2v) is 6.98. The molecule has 7 nitrogen and oxygen atoms in total. The van der Waals surface area contributed by atoms with Crippen molar-refractivity contribution in [3.63, 3.8) is 0 Å². The van der Waals surface area contributed by atoms with Gasteiger partial charge < -0.3 is 20.7 Å². The molecule has 3 amide bonds. The number of benzene rings is 1. The molecule has 0 aliphatic carbocycles. The first kappa shape index (κ1) is 20.5. The van der Waals surface area contributed by atoms with Crippen LogP contribution < -0.4 is 16.0 Å². The van der Waals surface area contributed by atoms with Gasteiger partial charge in [0.05, 0.1) is 0 Å². The third kappa shape index (κ3) is 8.74. The highest BCUT2D eigenvalue weighted by molar-refractivity contribution is 5.93. The van der Waals surface area contributed by atoms with Crippen molar-refractivity contribution in [3.8, 4) is 0 Å². The summed E-state index contributed by atoms with van der Waals surface area (Å²) in [5.41, 5.74) is 0.842. The zero-order valence-corrected chi connectivity index (χ0v) is 15.4. The van der Waals surface area contributed by atoms with E-state index in [2.05, 4.69) is 16.0 Å². The summed E-state index contributed by atoms with van der Waals surface area (Å²) in [6.45, 7) is 9.08. The quantitative estimate of drug-likeness (QED) is 0.735. The molecule has 0 spiro atoms. The predicted octanol–water partition coefficient (Wildman–Crippen LogP) is 2.42. The lowest BCUT2D eigenvalue weighted by molar-refractivity contribution is -0.124. The number of hydrogen-bond acceptors (Lipinski definition) is 4. The minimum Gasteiger partial charge on any atom is -0.444 e. The molecular weight excluding hydrogens is 322 g/mol. The second-order valence-electron chi connectivity index (χ2n) is 6.98. The number of amides is 3. The van der Waals surface area contributed by atoms with Crippen molar-refractivity contribution in [2.75, 3.05) is 11.9 Å². The van der Waals surface area contributed by atoms with Crippen LogP contribution in [0.1, 0.15) is 40.2 Å². The molecule has 0 aromatic heterocycles. The van der Waals surface area contributed by atoms with Gasteiger partial charge >= 0.3 is 6.09 Å². The van der Waals surface area contributed by atoms with Crippen LogP contribution in [0.5, 0.6) is 0 Å². The zero-order chi connectivity index (χ0) is 19.0. The first-order chi connectivity index (χ1) is 11.6.